The molecule has 0 spiro atoms. The van der Waals surface area contributed by atoms with Gasteiger partial charge in [-0.15, -0.1) is 0 Å². The van der Waals surface area contributed by atoms with E-state index in [0.717, 1.165) is 32.1 Å². The van der Waals surface area contributed by atoms with Crippen molar-refractivity contribution in [1.82, 2.24) is 0 Å². The minimum atomic E-state index is 0.370. The number of carbonyl (C=O) groups excluding carboxylic acids is 2. The quantitative estimate of drug-likeness (QED) is 0.0934. The molecule has 2 heteroatoms. The zero-order chi connectivity index (χ0) is 25.7. The molecular weight excluding hydrogens is 428 g/mol. The van der Waals surface area contributed by atoms with Crippen molar-refractivity contribution in [2.24, 2.45) is 0 Å². The van der Waals surface area contributed by atoms with Crippen molar-refractivity contribution >= 4 is 11.6 Å². The highest BCUT2D eigenvalue weighted by atomic mass is 16.1. The van der Waals surface area contributed by atoms with Crippen molar-refractivity contribution in [1.29, 1.82) is 0 Å². The van der Waals surface area contributed by atoms with Gasteiger partial charge in [0.25, 0.3) is 0 Å². The van der Waals surface area contributed by atoms with Crippen LogP contribution in [0.1, 0.15) is 200 Å². The van der Waals surface area contributed by atoms with Crippen molar-refractivity contribution in [3.8, 4) is 0 Å². The van der Waals surface area contributed by atoms with Crippen LogP contribution in [-0.4, -0.2) is 11.6 Å². The Morgan fingerprint density at radius 3 is 0.743 bits per heavy atom. The third kappa shape index (κ3) is 29.5. The molecule has 0 radical (unpaired) electrons. The van der Waals surface area contributed by atoms with E-state index < -0.39 is 0 Å². The van der Waals surface area contributed by atoms with Gasteiger partial charge in [0, 0.05) is 25.7 Å². The van der Waals surface area contributed by atoms with Gasteiger partial charge in [-0.25, -0.2) is 0 Å². The fraction of sp³-hybridized carbons (Fsp3) is 0.939. The topological polar surface area (TPSA) is 34.1 Å². The Labute approximate surface area is 221 Å². The van der Waals surface area contributed by atoms with Crippen LogP contribution in [0.15, 0.2) is 0 Å². The van der Waals surface area contributed by atoms with E-state index in [9.17, 15) is 9.59 Å². The van der Waals surface area contributed by atoms with Crippen molar-refractivity contribution in [3.05, 3.63) is 0 Å². The molecule has 0 N–H and O–H groups in total. The maximum absolute atomic E-state index is 12.1. The average Bonchev–Trinajstić information content (AvgIpc) is 2.85. The largest absolute Gasteiger partial charge is 0.300 e. The molecule has 0 aliphatic carbocycles. The lowest BCUT2D eigenvalue weighted by Gasteiger charge is -2.04. The first-order chi connectivity index (χ1) is 17.2. The van der Waals surface area contributed by atoms with Crippen LogP contribution in [0.5, 0.6) is 0 Å². The maximum Gasteiger partial charge on any atom is 0.132 e. The van der Waals surface area contributed by atoms with Crippen LogP contribution in [0.2, 0.25) is 0 Å². The first-order valence-corrected chi connectivity index (χ1v) is 16.2. The lowest BCUT2D eigenvalue weighted by molar-refractivity contribution is -0.120. The SMILES string of the molecule is CCCCCCCCCCCCCCCC(=O)CCCC(=O)CCCCCCCCCCCCC. The van der Waals surface area contributed by atoms with Crippen LogP contribution < -0.4 is 0 Å². The van der Waals surface area contributed by atoms with E-state index in [0.29, 0.717) is 24.4 Å². The van der Waals surface area contributed by atoms with Crippen LogP contribution in [0, 0.1) is 0 Å². The minimum absolute atomic E-state index is 0.370. The maximum atomic E-state index is 12.1. The van der Waals surface area contributed by atoms with Crippen molar-refractivity contribution in [2.45, 2.75) is 200 Å². The molecule has 208 valence electrons. The Bertz CT molecular complexity index is 442. The lowest BCUT2D eigenvalue weighted by Crippen LogP contribution is -2.02. The highest BCUT2D eigenvalue weighted by molar-refractivity contribution is 5.81. The molecule has 0 rings (SSSR count). The highest BCUT2D eigenvalue weighted by Gasteiger charge is 2.06. The number of hydrogen-bond acceptors (Lipinski definition) is 2. The zero-order valence-electron chi connectivity index (χ0n) is 24.3. The van der Waals surface area contributed by atoms with E-state index in [4.69, 9.17) is 0 Å². The Hall–Kier alpha value is -0.660. The Morgan fingerprint density at radius 1 is 0.286 bits per heavy atom. The second-order valence-electron chi connectivity index (χ2n) is 11.2. The molecule has 0 saturated heterocycles. The molecule has 0 bridgehead atoms. The van der Waals surface area contributed by atoms with Crippen LogP contribution in [-0.2, 0) is 9.59 Å². The molecule has 0 saturated carbocycles. The number of rotatable bonds is 30. The molecular formula is C33H64O2. The Kier molecular flexibility index (Phi) is 29.0. The summed E-state index contributed by atoms with van der Waals surface area (Å²) in [6.45, 7) is 4.55. The standard InChI is InChI=1S/C33H64O2/c1-3-5-7-9-11-13-15-16-18-20-22-24-26-29-33(35)31-27-30-32(34)28-25-23-21-19-17-14-12-10-8-6-4-2/h3-31H2,1-2H3. The van der Waals surface area contributed by atoms with Crippen LogP contribution in [0.25, 0.3) is 0 Å². The van der Waals surface area contributed by atoms with E-state index in [2.05, 4.69) is 13.8 Å². The second kappa shape index (κ2) is 29.6. The summed E-state index contributed by atoms with van der Waals surface area (Å²) in [6.07, 6.45) is 35.4. The molecule has 35 heavy (non-hydrogen) atoms. The third-order valence-corrected chi connectivity index (χ3v) is 7.53. The van der Waals surface area contributed by atoms with E-state index in [1.54, 1.807) is 0 Å². The van der Waals surface area contributed by atoms with Crippen LogP contribution in [0.4, 0.5) is 0 Å². The predicted molar refractivity (Wildman–Crippen MR) is 155 cm³/mol. The van der Waals surface area contributed by atoms with Crippen LogP contribution >= 0.6 is 0 Å². The number of hydrogen-bond donors (Lipinski definition) is 0. The first kappa shape index (κ1) is 34.3. The smallest absolute Gasteiger partial charge is 0.132 e. The lowest BCUT2D eigenvalue weighted by atomic mass is 10.0. The van der Waals surface area contributed by atoms with Crippen molar-refractivity contribution in [3.63, 3.8) is 0 Å². The fourth-order valence-corrected chi connectivity index (χ4v) is 5.06. The van der Waals surface area contributed by atoms with Gasteiger partial charge in [0.15, 0.2) is 0 Å². The number of unbranched alkanes of at least 4 members (excludes halogenated alkanes) is 22. The Morgan fingerprint density at radius 2 is 0.486 bits per heavy atom. The van der Waals surface area contributed by atoms with Crippen molar-refractivity contribution < 1.29 is 9.59 Å². The third-order valence-electron chi connectivity index (χ3n) is 7.53. The van der Waals surface area contributed by atoms with Gasteiger partial charge in [0.1, 0.15) is 11.6 Å². The molecule has 0 aromatic heterocycles. The molecule has 0 aliphatic heterocycles. The summed E-state index contributed by atoms with van der Waals surface area (Å²) in [4.78, 5) is 24.1. The zero-order valence-corrected chi connectivity index (χ0v) is 24.3. The Balaban J connectivity index is 3.28. The normalized spacial score (nSPS) is 11.3. The number of Topliss-reactive ketones (excluding diaryl/α,β-unsaturated/α-hetero) is 2. The van der Waals surface area contributed by atoms with Gasteiger partial charge in [0.2, 0.25) is 0 Å². The summed E-state index contributed by atoms with van der Waals surface area (Å²) >= 11 is 0. The van der Waals surface area contributed by atoms with Gasteiger partial charge in [-0.1, -0.05) is 155 Å². The van der Waals surface area contributed by atoms with Gasteiger partial charge < -0.3 is 0 Å². The van der Waals surface area contributed by atoms with Gasteiger partial charge in [-0.3, -0.25) is 9.59 Å². The average molecular weight is 493 g/mol. The molecule has 0 aromatic carbocycles. The summed E-state index contributed by atoms with van der Waals surface area (Å²) in [5.74, 6) is 0.741. The summed E-state index contributed by atoms with van der Waals surface area (Å²) in [5.41, 5.74) is 0. The molecule has 0 aromatic rings. The van der Waals surface area contributed by atoms with Gasteiger partial charge in [-0.2, -0.15) is 0 Å². The highest BCUT2D eigenvalue weighted by Crippen LogP contribution is 2.15. The monoisotopic (exact) mass is 492 g/mol. The van der Waals surface area contributed by atoms with E-state index in [-0.39, 0.29) is 0 Å². The van der Waals surface area contributed by atoms with E-state index in [1.165, 1.54) is 141 Å². The summed E-state index contributed by atoms with van der Waals surface area (Å²) < 4.78 is 0. The summed E-state index contributed by atoms with van der Waals surface area (Å²) in [5, 5.41) is 0. The number of carbonyl (C=O) groups is 2. The van der Waals surface area contributed by atoms with Gasteiger partial charge >= 0.3 is 0 Å². The van der Waals surface area contributed by atoms with Crippen molar-refractivity contribution in [2.75, 3.05) is 0 Å². The van der Waals surface area contributed by atoms with Gasteiger partial charge in [0.05, 0.1) is 0 Å². The molecule has 0 atom stereocenters. The molecule has 0 aliphatic rings. The van der Waals surface area contributed by atoms with Crippen LogP contribution in [0.3, 0.4) is 0 Å². The summed E-state index contributed by atoms with van der Waals surface area (Å²) in [7, 11) is 0. The minimum Gasteiger partial charge on any atom is -0.300 e. The molecule has 0 fully saturated rings. The second-order valence-corrected chi connectivity index (χ2v) is 11.2. The molecule has 0 amide bonds. The number of ketones is 2. The predicted octanol–water partition coefficient (Wildman–Crippen LogP) is 11.5. The molecule has 0 unspecified atom stereocenters. The fourth-order valence-electron chi connectivity index (χ4n) is 5.06. The molecule has 0 heterocycles. The molecule has 2 nitrogen and oxygen atoms in total. The van der Waals surface area contributed by atoms with Gasteiger partial charge in [-0.05, 0) is 19.3 Å². The van der Waals surface area contributed by atoms with E-state index >= 15 is 0 Å². The van der Waals surface area contributed by atoms with E-state index in [1.807, 2.05) is 0 Å². The summed E-state index contributed by atoms with van der Waals surface area (Å²) in [6, 6.07) is 0. The first-order valence-electron chi connectivity index (χ1n) is 16.2.